The molecular formula is C15H20ClFN2O3. The minimum Gasteiger partial charge on any atom is -0.465 e. The summed E-state index contributed by atoms with van der Waals surface area (Å²) in [5, 5.41) is 9.45. The Morgan fingerprint density at radius 3 is 2.95 bits per heavy atom. The first kappa shape index (κ1) is 17.0. The second kappa shape index (κ2) is 7.76. The van der Waals surface area contributed by atoms with Gasteiger partial charge in [-0.3, -0.25) is 0 Å². The number of hydrogen-bond acceptors (Lipinski definition) is 3. The van der Waals surface area contributed by atoms with Crippen molar-refractivity contribution in [2.45, 2.75) is 18.9 Å². The summed E-state index contributed by atoms with van der Waals surface area (Å²) in [7, 11) is 0. The number of likely N-dealkylation sites (tertiary alicyclic amines) is 1. The van der Waals surface area contributed by atoms with E-state index in [9.17, 15) is 9.18 Å². The summed E-state index contributed by atoms with van der Waals surface area (Å²) in [6.45, 7) is 1.54. The van der Waals surface area contributed by atoms with Gasteiger partial charge in [-0.2, -0.15) is 0 Å². The van der Waals surface area contributed by atoms with Crippen LogP contribution in [0.2, 0.25) is 5.02 Å². The summed E-state index contributed by atoms with van der Waals surface area (Å²) >= 11 is 5.92. The fraction of sp³-hybridized carbons (Fsp3) is 0.533. The van der Waals surface area contributed by atoms with Crippen LogP contribution in [0.3, 0.4) is 0 Å². The van der Waals surface area contributed by atoms with Gasteiger partial charge in [-0.05, 0) is 36.6 Å². The fourth-order valence-electron chi connectivity index (χ4n) is 2.87. The molecule has 1 heterocycles. The number of carboxylic acid groups (broad SMARTS) is 1. The maximum atomic E-state index is 13.6. The van der Waals surface area contributed by atoms with Crippen molar-refractivity contribution in [1.29, 1.82) is 0 Å². The Hall–Kier alpha value is -1.37. The molecule has 3 N–H and O–H groups in total. The molecule has 1 aliphatic heterocycles. The second-order valence-corrected chi connectivity index (χ2v) is 5.85. The van der Waals surface area contributed by atoms with E-state index in [-0.39, 0.29) is 5.92 Å². The number of nitrogens with two attached hydrogens (primary N) is 1. The van der Waals surface area contributed by atoms with Crippen molar-refractivity contribution in [1.82, 2.24) is 4.90 Å². The van der Waals surface area contributed by atoms with Crippen molar-refractivity contribution < 1.29 is 19.0 Å². The Labute approximate surface area is 133 Å². The van der Waals surface area contributed by atoms with Gasteiger partial charge in [0.25, 0.3) is 0 Å². The van der Waals surface area contributed by atoms with E-state index >= 15 is 0 Å². The molecule has 7 heteroatoms. The van der Waals surface area contributed by atoms with Crippen molar-refractivity contribution in [2.75, 3.05) is 26.2 Å². The SMILES string of the molecule is NCCOC(c1cc(F)cc(Cl)c1)C1CCCN(C(=O)O)C1. The topological polar surface area (TPSA) is 75.8 Å². The molecule has 122 valence electrons. The largest absolute Gasteiger partial charge is 0.465 e. The quantitative estimate of drug-likeness (QED) is 0.870. The minimum absolute atomic E-state index is 0.0470. The van der Waals surface area contributed by atoms with Gasteiger partial charge in [0.15, 0.2) is 0 Å². The van der Waals surface area contributed by atoms with Gasteiger partial charge in [-0.25, -0.2) is 9.18 Å². The van der Waals surface area contributed by atoms with E-state index in [1.54, 1.807) is 6.07 Å². The average molecular weight is 331 g/mol. The molecule has 1 fully saturated rings. The van der Waals surface area contributed by atoms with Gasteiger partial charge < -0.3 is 20.5 Å². The van der Waals surface area contributed by atoms with Gasteiger partial charge in [0, 0.05) is 30.6 Å². The van der Waals surface area contributed by atoms with Gasteiger partial charge in [0.1, 0.15) is 5.82 Å². The molecular weight excluding hydrogens is 311 g/mol. The monoisotopic (exact) mass is 330 g/mol. The lowest BCUT2D eigenvalue weighted by Gasteiger charge is -2.35. The molecule has 2 atom stereocenters. The smallest absolute Gasteiger partial charge is 0.407 e. The summed E-state index contributed by atoms with van der Waals surface area (Å²) in [5.74, 6) is -0.482. The Bertz CT molecular complexity index is 509. The first-order valence-electron chi connectivity index (χ1n) is 7.26. The molecule has 0 aliphatic carbocycles. The number of nitrogens with zero attached hydrogens (tertiary/aromatic N) is 1. The highest BCUT2D eigenvalue weighted by molar-refractivity contribution is 6.30. The number of carbonyl (C=O) groups is 1. The van der Waals surface area contributed by atoms with Crippen LogP contribution in [0, 0.1) is 11.7 Å². The van der Waals surface area contributed by atoms with E-state index in [4.69, 9.17) is 27.2 Å². The predicted molar refractivity (Wildman–Crippen MR) is 81.5 cm³/mol. The summed E-state index contributed by atoms with van der Waals surface area (Å²) < 4.78 is 19.4. The van der Waals surface area contributed by atoms with E-state index in [0.717, 1.165) is 12.8 Å². The molecule has 0 bridgehead atoms. The van der Waals surface area contributed by atoms with Crippen LogP contribution in [0.15, 0.2) is 18.2 Å². The predicted octanol–water partition coefficient (Wildman–Crippen LogP) is 2.89. The van der Waals surface area contributed by atoms with Crippen LogP contribution >= 0.6 is 11.6 Å². The van der Waals surface area contributed by atoms with Crippen LogP contribution in [0.5, 0.6) is 0 Å². The highest BCUT2D eigenvalue weighted by Crippen LogP contribution is 2.34. The summed E-state index contributed by atoms with van der Waals surface area (Å²) in [4.78, 5) is 12.5. The summed E-state index contributed by atoms with van der Waals surface area (Å²) in [5.41, 5.74) is 6.11. The molecule has 1 aromatic carbocycles. The number of halogens is 2. The molecule has 1 amide bonds. The van der Waals surface area contributed by atoms with Crippen molar-refractivity contribution in [3.63, 3.8) is 0 Å². The molecule has 2 unspecified atom stereocenters. The van der Waals surface area contributed by atoms with E-state index in [2.05, 4.69) is 0 Å². The van der Waals surface area contributed by atoms with Crippen molar-refractivity contribution in [2.24, 2.45) is 11.7 Å². The van der Waals surface area contributed by atoms with Gasteiger partial charge >= 0.3 is 6.09 Å². The maximum Gasteiger partial charge on any atom is 0.407 e. The highest BCUT2D eigenvalue weighted by atomic mass is 35.5. The molecule has 0 aromatic heterocycles. The number of ether oxygens (including phenoxy) is 1. The Morgan fingerprint density at radius 2 is 2.32 bits per heavy atom. The van der Waals surface area contributed by atoms with Crippen LogP contribution in [0.1, 0.15) is 24.5 Å². The molecule has 22 heavy (non-hydrogen) atoms. The summed E-state index contributed by atoms with van der Waals surface area (Å²) in [6.07, 6.45) is 0.203. The molecule has 2 rings (SSSR count). The second-order valence-electron chi connectivity index (χ2n) is 5.41. The fourth-order valence-corrected chi connectivity index (χ4v) is 3.10. The van der Waals surface area contributed by atoms with Gasteiger partial charge in [-0.1, -0.05) is 11.6 Å². The van der Waals surface area contributed by atoms with Gasteiger partial charge in [0.2, 0.25) is 0 Å². The van der Waals surface area contributed by atoms with E-state index in [1.807, 2.05) is 0 Å². The Morgan fingerprint density at radius 1 is 1.55 bits per heavy atom. The van der Waals surface area contributed by atoms with Crippen molar-refractivity contribution >= 4 is 17.7 Å². The lowest BCUT2D eigenvalue weighted by Crippen LogP contribution is -2.41. The van der Waals surface area contributed by atoms with E-state index in [1.165, 1.54) is 17.0 Å². The maximum absolute atomic E-state index is 13.6. The number of benzene rings is 1. The molecule has 0 saturated carbocycles. The number of hydrogen-bond donors (Lipinski definition) is 2. The number of amides is 1. The molecule has 5 nitrogen and oxygen atoms in total. The average Bonchev–Trinajstić information content (AvgIpc) is 2.47. The normalized spacial score (nSPS) is 20.0. The third-order valence-electron chi connectivity index (χ3n) is 3.79. The molecule has 1 aliphatic rings. The Kier molecular flexibility index (Phi) is 5.99. The molecule has 1 aromatic rings. The van der Waals surface area contributed by atoms with Crippen LogP contribution in [-0.4, -0.2) is 42.3 Å². The highest BCUT2D eigenvalue weighted by Gasteiger charge is 2.31. The van der Waals surface area contributed by atoms with Crippen LogP contribution in [-0.2, 0) is 4.74 Å². The van der Waals surface area contributed by atoms with Crippen LogP contribution in [0.25, 0.3) is 0 Å². The third-order valence-corrected chi connectivity index (χ3v) is 4.00. The van der Waals surface area contributed by atoms with Gasteiger partial charge in [0.05, 0.1) is 12.7 Å². The summed E-state index contributed by atoms with van der Waals surface area (Å²) in [6, 6.07) is 4.27. The standard InChI is InChI=1S/C15H20ClFN2O3/c16-12-6-11(7-13(17)8-12)14(22-5-3-18)10-2-1-4-19(9-10)15(20)21/h6-8,10,14H,1-5,9,18H2,(H,20,21). The minimum atomic E-state index is -0.945. The zero-order valence-electron chi connectivity index (χ0n) is 12.2. The molecule has 1 saturated heterocycles. The number of piperidine rings is 1. The van der Waals surface area contributed by atoms with Crippen molar-refractivity contribution in [3.05, 3.63) is 34.6 Å². The zero-order chi connectivity index (χ0) is 16.1. The zero-order valence-corrected chi connectivity index (χ0v) is 12.9. The van der Waals surface area contributed by atoms with E-state index < -0.39 is 18.0 Å². The molecule has 0 spiro atoms. The van der Waals surface area contributed by atoms with Crippen LogP contribution in [0.4, 0.5) is 9.18 Å². The number of rotatable bonds is 5. The lowest BCUT2D eigenvalue weighted by atomic mass is 9.88. The van der Waals surface area contributed by atoms with E-state index in [0.29, 0.717) is 36.8 Å². The van der Waals surface area contributed by atoms with Gasteiger partial charge in [-0.15, -0.1) is 0 Å². The van der Waals surface area contributed by atoms with Crippen LogP contribution < -0.4 is 5.73 Å². The lowest BCUT2D eigenvalue weighted by molar-refractivity contribution is -0.00991. The first-order valence-corrected chi connectivity index (χ1v) is 7.64. The third kappa shape index (κ3) is 4.32. The van der Waals surface area contributed by atoms with Crippen molar-refractivity contribution in [3.8, 4) is 0 Å². The molecule has 0 radical (unpaired) electrons. The Balaban J connectivity index is 2.22. The first-order chi connectivity index (χ1) is 10.5.